The van der Waals surface area contributed by atoms with Gasteiger partial charge in [-0.3, -0.25) is 4.79 Å². The summed E-state index contributed by atoms with van der Waals surface area (Å²) >= 11 is 3.44. The van der Waals surface area contributed by atoms with Gasteiger partial charge in [0.25, 0.3) is 5.91 Å². The van der Waals surface area contributed by atoms with Crippen molar-refractivity contribution in [2.75, 3.05) is 18.8 Å². The van der Waals surface area contributed by atoms with Crippen LogP contribution in [-0.4, -0.2) is 39.6 Å². The molecule has 0 radical (unpaired) electrons. The number of piperidine rings is 1. The number of aryl methyl sites for hydroxylation is 1. The molecule has 1 fully saturated rings. The zero-order valence-electron chi connectivity index (χ0n) is 13.5. The summed E-state index contributed by atoms with van der Waals surface area (Å²) < 4.78 is 0. The molecule has 2 aromatic rings. The summed E-state index contributed by atoms with van der Waals surface area (Å²) in [6.45, 7) is 5.76. The van der Waals surface area contributed by atoms with Gasteiger partial charge in [-0.15, -0.1) is 23.1 Å². The van der Waals surface area contributed by atoms with Crippen LogP contribution in [0.1, 0.15) is 45.9 Å². The molecule has 122 valence electrons. The standard InChI is InChI=1S/C17H21N3OS2/c1-3-22-15-7-6-13(10-18-15)17(21)20-8-4-5-14(11-20)16-19-9-12(2)23-16/h6-7,9-10,14H,3-5,8,11H2,1-2H3/t14-/m0/s1. The number of aromatic nitrogens is 2. The number of likely N-dealkylation sites (tertiary alicyclic amines) is 1. The molecule has 1 atom stereocenters. The number of hydrogen-bond donors (Lipinski definition) is 0. The SMILES string of the molecule is CCSc1ccc(C(=O)N2CCC[C@H](c3ncc(C)s3)C2)cn1. The third kappa shape index (κ3) is 3.93. The maximum Gasteiger partial charge on any atom is 0.255 e. The van der Waals surface area contributed by atoms with Crippen LogP contribution in [-0.2, 0) is 0 Å². The normalized spacial score (nSPS) is 18.2. The van der Waals surface area contributed by atoms with Crippen LogP contribution in [0, 0.1) is 6.92 Å². The lowest BCUT2D eigenvalue weighted by atomic mass is 9.98. The van der Waals surface area contributed by atoms with Gasteiger partial charge in [-0.2, -0.15) is 0 Å². The van der Waals surface area contributed by atoms with Crippen molar-refractivity contribution in [1.82, 2.24) is 14.9 Å². The van der Waals surface area contributed by atoms with Crippen LogP contribution in [0.5, 0.6) is 0 Å². The lowest BCUT2D eigenvalue weighted by Crippen LogP contribution is -2.39. The number of thiazole rings is 1. The molecule has 0 N–H and O–H groups in total. The van der Waals surface area contributed by atoms with Gasteiger partial charge >= 0.3 is 0 Å². The van der Waals surface area contributed by atoms with E-state index in [1.54, 1.807) is 29.3 Å². The Labute approximate surface area is 145 Å². The minimum absolute atomic E-state index is 0.0866. The largest absolute Gasteiger partial charge is 0.338 e. The predicted molar refractivity (Wildman–Crippen MR) is 95.4 cm³/mol. The smallest absolute Gasteiger partial charge is 0.255 e. The zero-order valence-corrected chi connectivity index (χ0v) is 15.1. The highest BCUT2D eigenvalue weighted by Gasteiger charge is 2.27. The van der Waals surface area contributed by atoms with Crippen molar-refractivity contribution >= 4 is 29.0 Å². The first-order valence-corrected chi connectivity index (χ1v) is 9.78. The van der Waals surface area contributed by atoms with Crippen molar-refractivity contribution in [2.24, 2.45) is 0 Å². The Morgan fingerprint density at radius 3 is 2.91 bits per heavy atom. The Bertz CT molecular complexity index is 669. The van der Waals surface area contributed by atoms with E-state index in [0.717, 1.165) is 41.7 Å². The van der Waals surface area contributed by atoms with Crippen LogP contribution in [0.25, 0.3) is 0 Å². The third-order valence-corrected chi connectivity index (χ3v) is 5.87. The second-order valence-electron chi connectivity index (χ2n) is 5.72. The maximum absolute atomic E-state index is 12.7. The highest BCUT2D eigenvalue weighted by Crippen LogP contribution is 2.30. The van der Waals surface area contributed by atoms with Gasteiger partial charge in [0.2, 0.25) is 0 Å². The molecule has 23 heavy (non-hydrogen) atoms. The van der Waals surface area contributed by atoms with E-state index in [0.29, 0.717) is 11.5 Å². The summed E-state index contributed by atoms with van der Waals surface area (Å²) in [5.41, 5.74) is 0.682. The highest BCUT2D eigenvalue weighted by molar-refractivity contribution is 7.99. The van der Waals surface area contributed by atoms with Crippen molar-refractivity contribution in [3.8, 4) is 0 Å². The topological polar surface area (TPSA) is 46.1 Å². The van der Waals surface area contributed by atoms with Crippen molar-refractivity contribution in [1.29, 1.82) is 0 Å². The summed E-state index contributed by atoms with van der Waals surface area (Å²) in [6, 6.07) is 3.83. The molecule has 4 nitrogen and oxygen atoms in total. The van der Waals surface area contributed by atoms with E-state index >= 15 is 0 Å². The minimum Gasteiger partial charge on any atom is -0.338 e. The Hall–Kier alpha value is -1.40. The molecule has 0 bridgehead atoms. The molecular weight excluding hydrogens is 326 g/mol. The summed E-state index contributed by atoms with van der Waals surface area (Å²) in [5.74, 6) is 1.44. The van der Waals surface area contributed by atoms with Crippen LogP contribution in [0.4, 0.5) is 0 Å². The van der Waals surface area contributed by atoms with Gasteiger partial charge in [0.1, 0.15) is 0 Å². The molecule has 0 unspecified atom stereocenters. The molecule has 0 aliphatic carbocycles. The Morgan fingerprint density at radius 1 is 1.39 bits per heavy atom. The molecule has 0 spiro atoms. The number of hydrogen-bond acceptors (Lipinski definition) is 5. The maximum atomic E-state index is 12.7. The quantitative estimate of drug-likeness (QED) is 0.785. The van der Waals surface area contributed by atoms with Gasteiger partial charge in [0, 0.05) is 36.3 Å². The molecule has 0 saturated carbocycles. The summed E-state index contributed by atoms with van der Waals surface area (Å²) in [7, 11) is 0. The molecule has 1 saturated heterocycles. The Morgan fingerprint density at radius 2 is 2.26 bits per heavy atom. The summed E-state index contributed by atoms with van der Waals surface area (Å²) in [5, 5.41) is 2.13. The van der Waals surface area contributed by atoms with E-state index in [4.69, 9.17) is 0 Å². The second kappa shape index (κ2) is 7.45. The average molecular weight is 348 g/mol. The van der Waals surface area contributed by atoms with Gasteiger partial charge in [-0.25, -0.2) is 9.97 Å². The molecule has 0 aromatic carbocycles. The predicted octanol–water partition coefficient (Wildman–Crippen LogP) is 3.98. The van der Waals surface area contributed by atoms with Crippen LogP contribution >= 0.6 is 23.1 Å². The molecule has 6 heteroatoms. The number of rotatable bonds is 4. The van der Waals surface area contributed by atoms with Crippen LogP contribution in [0.15, 0.2) is 29.6 Å². The number of carbonyl (C=O) groups is 1. The van der Waals surface area contributed by atoms with Crippen LogP contribution in [0.3, 0.4) is 0 Å². The van der Waals surface area contributed by atoms with Gasteiger partial charge in [-0.05, 0) is 37.7 Å². The van der Waals surface area contributed by atoms with E-state index in [1.807, 2.05) is 23.2 Å². The molecule has 3 heterocycles. The Balaban J connectivity index is 1.69. The number of nitrogens with zero attached hydrogens (tertiary/aromatic N) is 3. The number of amides is 1. The third-order valence-electron chi connectivity index (χ3n) is 3.97. The zero-order chi connectivity index (χ0) is 16.2. The minimum atomic E-state index is 0.0866. The lowest BCUT2D eigenvalue weighted by Gasteiger charge is -2.31. The molecule has 1 aliphatic heterocycles. The molecule has 2 aromatic heterocycles. The monoisotopic (exact) mass is 347 g/mol. The average Bonchev–Trinajstić information content (AvgIpc) is 3.02. The first kappa shape index (κ1) is 16.5. The van der Waals surface area contributed by atoms with E-state index in [1.165, 1.54) is 4.88 Å². The molecular formula is C17H21N3OS2. The fraction of sp³-hybridized carbons (Fsp3) is 0.471. The van der Waals surface area contributed by atoms with Crippen molar-refractivity contribution < 1.29 is 4.79 Å². The van der Waals surface area contributed by atoms with E-state index in [2.05, 4.69) is 23.8 Å². The number of pyridine rings is 1. The van der Waals surface area contributed by atoms with Crippen molar-refractivity contribution in [3.05, 3.63) is 40.0 Å². The number of carbonyl (C=O) groups excluding carboxylic acids is 1. The summed E-state index contributed by atoms with van der Waals surface area (Å²) in [6.07, 6.45) is 5.78. The van der Waals surface area contributed by atoms with Crippen LogP contribution < -0.4 is 0 Å². The summed E-state index contributed by atoms with van der Waals surface area (Å²) in [4.78, 5) is 24.8. The van der Waals surface area contributed by atoms with E-state index in [9.17, 15) is 4.79 Å². The first-order chi connectivity index (χ1) is 11.2. The van der Waals surface area contributed by atoms with Crippen molar-refractivity contribution in [3.63, 3.8) is 0 Å². The van der Waals surface area contributed by atoms with E-state index < -0.39 is 0 Å². The second-order valence-corrected chi connectivity index (χ2v) is 8.27. The van der Waals surface area contributed by atoms with Gasteiger partial charge in [0.05, 0.1) is 15.6 Å². The van der Waals surface area contributed by atoms with Gasteiger partial charge in [-0.1, -0.05) is 6.92 Å². The fourth-order valence-corrected chi connectivity index (χ4v) is 4.33. The fourth-order valence-electron chi connectivity index (χ4n) is 2.85. The van der Waals surface area contributed by atoms with E-state index in [-0.39, 0.29) is 5.91 Å². The highest BCUT2D eigenvalue weighted by atomic mass is 32.2. The van der Waals surface area contributed by atoms with Gasteiger partial charge < -0.3 is 4.90 Å². The van der Waals surface area contributed by atoms with Crippen LogP contribution in [0.2, 0.25) is 0 Å². The lowest BCUT2D eigenvalue weighted by molar-refractivity contribution is 0.0706. The number of thioether (sulfide) groups is 1. The Kier molecular flexibility index (Phi) is 5.33. The molecule has 1 amide bonds. The molecule has 3 rings (SSSR count). The van der Waals surface area contributed by atoms with Gasteiger partial charge in [0.15, 0.2) is 0 Å². The van der Waals surface area contributed by atoms with Crippen molar-refractivity contribution in [2.45, 2.75) is 37.6 Å². The first-order valence-electron chi connectivity index (χ1n) is 7.98. The molecule has 1 aliphatic rings.